The van der Waals surface area contributed by atoms with E-state index in [9.17, 15) is 4.79 Å². The molecular weight excluding hydrogens is 310 g/mol. The van der Waals surface area contributed by atoms with Crippen molar-refractivity contribution in [2.45, 2.75) is 50.9 Å². The van der Waals surface area contributed by atoms with Crippen LogP contribution in [-0.2, 0) is 9.53 Å². The molecule has 0 aliphatic carbocycles. The SMILES string of the molecule is CCCCOC(=O)C(C)Sc1nnc(C)n1-c1ccccc1C. The lowest BCUT2D eigenvalue weighted by Gasteiger charge is -2.14. The number of carbonyl (C=O) groups excluding carboxylic acids is 1. The number of hydrogen-bond acceptors (Lipinski definition) is 5. The molecule has 0 spiro atoms. The van der Waals surface area contributed by atoms with Crippen molar-refractivity contribution in [3.8, 4) is 5.69 Å². The molecule has 2 rings (SSSR count). The van der Waals surface area contributed by atoms with Gasteiger partial charge in [-0.25, -0.2) is 0 Å². The zero-order chi connectivity index (χ0) is 16.8. The lowest BCUT2D eigenvalue weighted by atomic mass is 10.2. The second kappa shape index (κ2) is 8.15. The summed E-state index contributed by atoms with van der Waals surface area (Å²) < 4.78 is 7.26. The molecule has 23 heavy (non-hydrogen) atoms. The van der Waals surface area contributed by atoms with Gasteiger partial charge in [-0.05, 0) is 38.8 Å². The maximum absolute atomic E-state index is 12.0. The Morgan fingerprint density at radius 2 is 2.04 bits per heavy atom. The predicted molar refractivity (Wildman–Crippen MR) is 92.0 cm³/mol. The monoisotopic (exact) mass is 333 g/mol. The van der Waals surface area contributed by atoms with Crippen LogP contribution in [0.3, 0.4) is 0 Å². The van der Waals surface area contributed by atoms with Crippen LogP contribution >= 0.6 is 11.8 Å². The molecule has 2 aromatic rings. The number of rotatable bonds is 7. The Morgan fingerprint density at radius 3 is 2.74 bits per heavy atom. The van der Waals surface area contributed by atoms with Crippen LogP contribution in [0.15, 0.2) is 29.4 Å². The highest BCUT2D eigenvalue weighted by atomic mass is 32.2. The average molecular weight is 333 g/mol. The number of carbonyl (C=O) groups is 1. The molecule has 1 atom stereocenters. The van der Waals surface area contributed by atoms with Gasteiger partial charge in [0.2, 0.25) is 0 Å². The van der Waals surface area contributed by atoms with Crippen molar-refractivity contribution in [3.63, 3.8) is 0 Å². The average Bonchev–Trinajstić information content (AvgIpc) is 2.88. The molecule has 124 valence electrons. The Kier molecular flexibility index (Phi) is 6.21. The molecule has 5 nitrogen and oxygen atoms in total. The Morgan fingerprint density at radius 1 is 1.30 bits per heavy atom. The normalized spacial score (nSPS) is 12.2. The molecule has 1 heterocycles. The zero-order valence-corrected chi connectivity index (χ0v) is 14.9. The van der Waals surface area contributed by atoms with Crippen molar-refractivity contribution in [2.75, 3.05) is 6.61 Å². The first kappa shape index (κ1) is 17.5. The Hall–Kier alpha value is -1.82. The number of nitrogens with zero attached hydrogens (tertiary/aromatic N) is 3. The summed E-state index contributed by atoms with van der Waals surface area (Å²) in [6, 6.07) is 8.06. The highest BCUT2D eigenvalue weighted by Crippen LogP contribution is 2.27. The topological polar surface area (TPSA) is 57.0 Å². The van der Waals surface area contributed by atoms with Gasteiger partial charge >= 0.3 is 5.97 Å². The second-order valence-corrected chi connectivity index (χ2v) is 6.74. The van der Waals surface area contributed by atoms with Crippen molar-refractivity contribution < 1.29 is 9.53 Å². The first-order valence-corrected chi connectivity index (χ1v) is 8.73. The molecule has 0 amide bonds. The van der Waals surface area contributed by atoms with E-state index in [4.69, 9.17) is 4.74 Å². The molecule has 6 heteroatoms. The maximum Gasteiger partial charge on any atom is 0.319 e. The molecule has 0 aliphatic rings. The van der Waals surface area contributed by atoms with Crippen LogP contribution in [0.5, 0.6) is 0 Å². The molecule has 0 bridgehead atoms. The maximum atomic E-state index is 12.0. The van der Waals surface area contributed by atoms with E-state index < -0.39 is 0 Å². The summed E-state index contributed by atoms with van der Waals surface area (Å²) in [7, 11) is 0. The van der Waals surface area contributed by atoms with Gasteiger partial charge in [-0.2, -0.15) is 0 Å². The molecule has 0 saturated heterocycles. The standard InChI is InChI=1S/C17H23N3O2S/c1-5-6-11-22-16(21)13(3)23-17-19-18-14(4)20(17)15-10-8-7-9-12(15)2/h7-10,13H,5-6,11H2,1-4H3. The number of unbranched alkanes of at least 4 members (excludes halogenated alkanes) is 1. The summed E-state index contributed by atoms with van der Waals surface area (Å²) >= 11 is 1.38. The molecule has 0 saturated carbocycles. The fourth-order valence-corrected chi connectivity index (χ4v) is 3.06. The Balaban J connectivity index is 2.16. The lowest BCUT2D eigenvalue weighted by Crippen LogP contribution is -2.18. The second-order valence-electron chi connectivity index (χ2n) is 5.43. The molecular formula is C17H23N3O2S. The van der Waals surface area contributed by atoms with E-state index in [-0.39, 0.29) is 11.2 Å². The number of ether oxygens (including phenoxy) is 1. The highest BCUT2D eigenvalue weighted by Gasteiger charge is 2.21. The van der Waals surface area contributed by atoms with Crippen LogP contribution in [0.4, 0.5) is 0 Å². The molecule has 1 aromatic heterocycles. The summed E-state index contributed by atoms with van der Waals surface area (Å²) in [6.45, 7) is 8.34. The third-order valence-corrected chi connectivity index (χ3v) is 4.53. The van der Waals surface area contributed by atoms with Crippen molar-refractivity contribution in [2.24, 2.45) is 0 Å². The third kappa shape index (κ3) is 4.34. The van der Waals surface area contributed by atoms with Crippen LogP contribution in [0.1, 0.15) is 38.1 Å². The van der Waals surface area contributed by atoms with Gasteiger partial charge in [-0.3, -0.25) is 9.36 Å². The summed E-state index contributed by atoms with van der Waals surface area (Å²) in [5.41, 5.74) is 2.17. The van der Waals surface area contributed by atoms with E-state index >= 15 is 0 Å². The number of esters is 1. The number of para-hydroxylation sites is 1. The number of hydrogen-bond donors (Lipinski definition) is 0. The largest absolute Gasteiger partial charge is 0.465 e. The van der Waals surface area contributed by atoms with Gasteiger partial charge in [0, 0.05) is 0 Å². The van der Waals surface area contributed by atoms with Crippen LogP contribution in [0.2, 0.25) is 0 Å². The van der Waals surface area contributed by atoms with E-state index in [0.717, 1.165) is 29.9 Å². The number of benzene rings is 1. The van der Waals surface area contributed by atoms with E-state index in [2.05, 4.69) is 17.1 Å². The number of aromatic nitrogens is 3. The van der Waals surface area contributed by atoms with Crippen molar-refractivity contribution in [1.82, 2.24) is 14.8 Å². The first-order chi connectivity index (χ1) is 11.0. The molecule has 0 N–H and O–H groups in total. The zero-order valence-electron chi connectivity index (χ0n) is 14.1. The van der Waals surface area contributed by atoms with Gasteiger partial charge in [0.25, 0.3) is 0 Å². The van der Waals surface area contributed by atoms with Crippen molar-refractivity contribution >= 4 is 17.7 Å². The summed E-state index contributed by atoms with van der Waals surface area (Å²) in [5, 5.41) is 8.77. The summed E-state index contributed by atoms with van der Waals surface area (Å²) in [6.07, 6.45) is 1.90. The van der Waals surface area contributed by atoms with E-state index in [1.54, 1.807) is 0 Å². The molecule has 1 aromatic carbocycles. The molecule has 0 radical (unpaired) electrons. The third-order valence-electron chi connectivity index (χ3n) is 3.51. The van der Waals surface area contributed by atoms with Gasteiger partial charge in [-0.1, -0.05) is 43.3 Å². The minimum absolute atomic E-state index is 0.208. The van der Waals surface area contributed by atoms with Crippen molar-refractivity contribution in [1.29, 1.82) is 0 Å². The minimum atomic E-state index is -0.321. The highest BCUT2D eigenvalue weighted by molar-refractivity contribution is 8.00. The number of aryl methyl sites for hydroxylation is 2. The van der Waals surface area contributed by atoms with Gasteiger partial charge in [0.05, 0.1) is 12.3 Å². The van der Waals surface area contributed by atoms with Crippen LogP contribution in [0, 0.1) is 13.8 Å². The fourth-order valence-electron chi connectivity index (χ4n) is 2.15. The van der Waals surface area contributed by atoms with E-state index in [1.165, 1.54) is 11.8 Å². The van der Waals surface area contributed by atoms with E-state index in [1.807, 2.05) is 49.6 Å². The number of thioether (sulfide) groups is 1. The van der Waals surface area contributed by atoms with Gasteiger partial charge in [0.15, 0.2) is 5.16 Å². The molecule has 1 unspecified atom stereocenters. The van der Waals surface area contributed by atoms with Gasteiger partial charge in [0.1, 0.15) is 11.1 Å². The van der Waals surface area contributed by atoms with Crippen LogP contribution in [-0.4, -0.2) is 32.6 Å². The Bertz CT molecular complexity index is 670. The van der Waals surface area contributed by atoms with E-state index in [0.29, 0.717) is 11.8 Å². The summed E-state index contributed by atoms with van der Waals surface area (Å²) in [5.74, 6) is 0.591. The van der Waals surface area contributed by atoms with Gasteiger partial charge in [-0.15, -0.1) is 10.2 Å². The quantitative estimate of drug-likeness (QED) is 0.439. The Labute approximate surface area is 141 Å². The minimum Gasteiger partial charge on any atom is -0.465 e. The van der Waals surface area contributed by atoms with Crippen molar-refractivity contribution in [3.05, 3.63) is 35.7 Å². The molecule has 0 aliphatic heterocycles. The smallest absolute Gasteiger partial charge is 0.319 e. The molecule has 0 fully saturated rings. The lowest BCUT2D eigenvalue weighted by molar-refractivity contribution is -0.142. The summed E-state index contributed by atoms with van der Waals surface area (Å²) in [4.78, 5) is 12.0. The fraction of sp³-hybridized carbons (Fsp3) is 0.471. The van der Waals surface area contributed by atoms with Crippen LogP contribution < -0.4 is 0 Å². The van der Waals surface area contributed by atoms with Crippen LogP contribution in [0.25, 0.3) is 5.69 Å². The predicted octanol–water partition coefficient (Wildman–Crippen LogP) is 3.71. The first-order valence-electron chi connectivity index (χ1n) is 7.86. The van der Waals surface area contributed by atoms with Gasteiger partial charge < -0.3 is 4.74 Å².